The molecule has 0 bridgehead atoms. The number of rotatable bonds is 9. The van der Waals surface area contributed by atoms with Crippen LogP contribution >= 0.6 is 0 Å². The molecule has 0 aliphatic heterocycles. The fraction of sp³-hybridized carbons (Fsp3) is 0.208. The van der Waals surface area contributed by atoms with Crippen LogP contribution in [0.1, 0.15) is 33.4 Å². The van der Waals surface area contributed by atoms with Crippen LogP contribution < -0.4 is 20.7 Å². The molecule has 0 spiro atoms. The van der Waals surface area contributed by atoms with Gasteiger partial charge in [-0.1, -0.05) is 12.1 Å². The highest BCUT2D eigenvalue weighted by Gasteiger charge is 2.15. The Bertz CT molecular complexity index is 1060. The maximum absolute atomic E-state index is 12.4. The Balaban J connectivity index is 1.42. The van der Waals surface area contributed by atoms with E-state index in [-0.39, 0.29) is 36.6 Å². The zero-order valence-corrected chi connectivity index (χ0v) is 17.9. The smallest absolute Gasteiger partial charge is 0.287 e. The van der Waals surface area contributed by atoms with Crippen LogP contribution in [0.5, 0.6) is 5.75 Å². The normalized spacial score (nSPS) is 11.3. The number of anilines is 1. The second kappa shape index (κ2) is 10.8. The van der Waals surface area contributed by atoms with Crippen molar-refractivity contribution >= 4 is 23.4 Å². The third-order valence-electron chi connectivity index (χ3n) is 4.53. The van der Waals surface area contributed by atoms with Gasteiger partial charge in [0.1, 0.15) is 5.75 Å². The molecular weight excluding hydrogens is 410 g/mol. The van der Waals surface area contributed by atoms with E-state index in [0.717, 1.165) is 5.56 Å². The van der Waals surface area contributed by atoms with E-state index in [4.69, 9.17) is 9.15 Å². The zero-order chi connectivity index (χ0) is 22.9. The number of hydrogen-bond donors (Lipinski definition) is 3. The fourth-order valence-corrected chi connectivity index (χ4v) is 2.84. The summed E-state index contributed by atoms with van der Waals surface area (Å²) >= 11 is 0. The van der Waals surface area contributed by atoms with Crippen LogP contribution in [0, 0.1) is 6.92 Å². The van der Waals surface area contributed by atoms with Crippen LogP contribution in [0.25, 0.3) is 0 Å². The highest BCUT2D eigenvalue weighted by molar-refractivity contribution is 5.97. The zero-order valence-electron chi connectivity index (χ0n) is 17.9. The first-order chi connectivity index (χ1) is 15.4. The molecule has 8 nitrogen and oxygen atoms in total. The number of nitrogens with one attached hydrogen (secondary N) is 3. The minimum absolute atomic E-state index is 0.215. The summed E-state index contributed by atoms with van der Waals surface area (Å²) in [6.07, 6.45) is 0.733. The first-order valence-electron chi connectivity index (χ1n) is 10.2. The van der Waals surface area contributed by atoms with Gasteiger partial charge in [0.15, 0.2) is 11.9 Å². The Kier molecular flexibility index (Phi) is 7.64. The van der Waals surface area contributed by atoms with E-state index in [1.165, 1.54) is 6.26 Å². The molecule has 1 heterocycles. The van der Waals surface area contributed by atoms with E-state index in [9.17, 15) is 14.4 Å². The minimum atomic E-state index is -0.684. The lowest BCUT2D eigenvalue weighted by Gasteiger charge is -2.15. The summed E-state index contributed by atoms with van der Waals surface area (Å²) in [6.45, 7) is 4.15. The van der Waals surface area contributed by atoms with Crippen molar-refractivity contribution in [2.45, 2.75) is 20.0 Å². The van der Waals surface area contributed by atoms with E-state index in [0.29, 0.717) is 17.0 Å². The predicted octanol–water partition coefficient (Wildman–Crippen LogP) is 3.15. The number of aryl methyl sites for hydroxylation is 1. The fourth-order valence-electron chi connectivity index (χ4n) is 2.84. The van der Waals surface area contributed by atoms with Crippen LogP contribution in [0.3, 0.4) is 0 Å². The Morgan fingerprint density at radius 3 is 2.31 bits per heavy atom. The van der Waals surface area contributed by atoms with Gasteiger partial charge in [-0.3, -0.25) is 14.4 Å². The van der Waals surface area contributed by atoms with Crippen LogP contribution in [0.2, 0.25) is 0 Å². The van der Waals surface area contributed by atoms with Crippen molar-refractivity contribution in [1.29, 1.82) is 0 Å². The molecule has 3 rings (SSSR count). The molecule has 0 aliphatic rings. The van der Waals surface area contributed by atoms with Crippen molar-refractivity contribution in [2.24, 2.45) is 0 Å². The molecule has 0 aliphatic carbocycles. The Morgan fingerprint density at radius 1 is 0.938 bits per heavy atom. The predicted molar refractivity (Wildman–Crippen MR) is 120 cm³/mol. The lowest BCUT2D eigenvalue weighted by atomic mass is 10.2. The molecule has 32 heavy (non-hydrogen) atoms. The van der Waals surface area contributed by atoms with E-state index < -0.39 is 6.10 Å². The van der Waals surface area contributed by atoms with Gasteiger partial charge in [-0.05, 0) is 67.9 Å². The van der Waals surface area contributed by atoms with Crippen molar-refractivity contribution < 1.29 is 23.5 Å². The highest BCUT2D eigenvalue weighted by Crippen LogP contribution is 2.15. The van der Waals surface area contributed by atoms with Crippen LogP contribution in [-0.2, 0) is 4.79 Å². The lowest BCUT2D eigenvalue weighted by molar-refractivity contribution is -0.122. The highest BCUT2D eigenvalue weighted by atomic mass is 16.5. The molecule has 8 heteroatoms. The van der Waals surface area contributed by atoms with Gasteiger partial charge in [-0.25, -0.2) is 0 Å². The lowest BCUT2D eigenvalue weighted by Crippen LogP contribution is -2.34. The second-order valence-electron chi connectivity index (χ2n) is 7.13. The largest absolute Gasteiger partial charge is 0.481 e. The number of furan rings is 1. The molecule has 166 valence electrons. The van der Waals surface area contributed by atoms with Gasteiger partial charge in [-0.15, -0.1) is 0 Å². The molecule has 2 aromatic carbocycles. The Morgan fingerprint density at radius 2 is 1.66 bits per heavy atom. The number of benzene rings is 2. The maximum Gasteiger partial charge on any atom is 0.287 e. The molecule has 3 N–H and O–H groups in total. The van der Waals surface area contributed by atoms with Crippen LogP contribution in [0.4, 0.5) is 5.69 Å². The third kappa shape index (κ3) is 6.46. The number of amides is 3. The molecular formula is C24H25N3O5. The number of carbonyl (C=O) groups is 3. The molecule has 1 unspecified atom stereocenters. The molecule has 3 amide bonds. The SMILES string of the molecule is Cc1cccc(OC(C)C(=O)Nc2ccc(C(=O)NCCNC(=O)c3ccco3)cc2)c1. The summed E-state index contributed by atoms with van der Waals surface area (Å²) in [6, 6.07) is 17.2. The van der Waals surface area contributed by atoms with Gasteiger partial charge >= 0.3 is 0 Å². The van der Waals surface area contributed by atoms with Gasteiger partial charge in [0.25, 0.3) is 17.7 Å². The average Bonchev–Trinajstić information content (AvgIpc) is 3.32. The topological polar surface area (TPSA) is 110 Å². The van der Waals surface area contributed by atoms with Crippen molar-refractivity contribution in [3.63, 3.8) is 0 Å². The van der Waals surface area contributed by atoms with Gasteiger partial charge in [-0.2, -0.15) is 0 Å². The third-order valence-corrected chi connectivity index (χ3v) is 4.53. The first-order valence-corrected chi connectivity index (χ1v) is 10.2. The standard InChI is InChI=1S/C24H25N3O5/c1-16-5-3-6-20(15-16)32-17(2)22(28)27-19-10-8-18(9-11-19)23(29)25-12-13-26-24(30)21-7-4-14-31-21/h3-11,14-15,17H,12-13H2,1-2H3,(H,25,29)(H,26,30)(H,27,28). The summed E-state index contributed by atoms with van der Waals surface area (Å²) in [7, 11) is 0. The van der Waals surface area contributed by atoms with Crippen molar-refractivity contribution in [3.05, 3.63) is 83.8 Å². The van der Waals surface area contributed by atoms with Gasteiger partial charge in [0, 0.05) is 24.3 Å². The quantitative estimate of drug-likeness (QED) is 0.447. The molecule has 0 fully saturated rings. The van der Waals surface area contributed by atoms with Gasteiger partial charge in [0.05, 0.1) is 6.26 Å². The first kappa shape index (κ1) is 22.6. The Labute approximate surface area is 186 Å². The minimum Gasteiger partial charge on any atom is -0.481 e. The average molecular weight is 435 g/mol. The Hall–Kier alpha value is -4.07. The number of hydrogen-bond acceptors (Lipinski definition) is 5. The number of carbonyl (C=O) groups excluding carboxylic acids is 3. The molecule has 1 aromatic heterocycles. The van der Waals surface area contributed by atoms with Crippen molar-refractivity contribution in [3.8, 4) is 5.75 Å². The monoisotopic (exact) mass is 435 g/mol. The maximum atomic E-state index is 12.4. The van der Waals surface area contributed by atoms with Gasteiger partial charge < -0.3 is 25.1 Å². The van der Waals surface area contributed by atoms with E-state index in [1.54, 1.807) is 49.4 Å². The van der Waals surface area contributed by atoms with Crippen LogP contribution in [0.15, 0.2) is 71.3 Å². The summed E-state index contributed by atoms with van der Waals surface area (Å²) in [4.78, 5) is 36.4. The molecule has 0 saturated carbocycles. The second-order valence-corrected chi connectivity index (χ2v) is 7.13. The molecule has 3 aromatic rings. The molecule has 0 saturated heterocycles. The van der Waals surface area contributed by atoms with Crippen LogP contribution in [-0.4, -0.2) is 36.9 Å². The van der Waals surface area contributed by atoms with Crippen molar-refractivity contribution in [2.75, 3.05) is 18.4 Å². The van der Waals surface area contributed by atoms with E-state index in [1.807, 2.05) is 25.1 Å². The summed E-state index contributed by atoms with van der Waals surface area (Å²) in [5.41, 5.74) is 2.03. The summed E-state index contributed by atoms with van der Waals surface area (Å²) < 4.78 is 10.7. The van der Waals surface area contributed by atoms with Crippen molar-refractivity contribution in [1.82, 2.24) is 10.6 Å². The van der Waals surface area contributed by atoms with E-state index in [2.05, 4.69) is 16.0 Å². The molecule has 1 atom stereocenters. The summed E-state index contributed by atoms with van der Waals surface area (Å²) in [5, 5.41) is 8.13. The van der Waals surface area contributed by atoms with E-state index >= 15 is 0 Å². The number of ether oxygens (including phenoxy) is 1. The summed E-state index contributed by atoms with van der Waals surface area (Å²) in [5.74, 6) is -0.0835. The molecule has 0 radical (unpaired) electrons. The van der Waals surface area contributed by atoms with Gasteiger partial charge in [0.2, 0.25) is 0 Å².